The second-order valence-corrected chi connectivity index (χ2v) is 7.24. The third-order valence-electron chi connectivity index (χ3n) is 4.17. The Kier molecular flexibility index (Phi) is 8.33. The summed E-state index contributed by atoms with van der Waals surface area (Å²) < 4.78 is 13.0. The molecule has 0 unspecified atom stereocenters. The number of aromatic nitrogens is 3. The number of aliphatic carboxylic acids is 1. The van der Waals surface area contributed by atoms with E-state index in [9.17, 15) is 4.79 Å². The van der Waals surface area contributed by atoms with E-state index >= 15 is 0 Å². The Balaban J connectivity index is 0.00000341. The molecule has 0 saturated carbocycles. The lowest BCUT2D eigenvalue weighted by Gasteiger charge is -2.15. The van der Waals surface area contributed by atoms with Crippen molar-refractivity contribution in [3.8, 4) is 17.4 Å². The Morgan fingerprint density at radius 3 is 2.55 bits per heavy atom. The van der Waals surface area contributed by atoms with Gasteiger partial charge in [0.25, 0.3) is 0 Å². The number of ether oxygens (including phenoxy) is 2. The molecule has 3 rings (SSSR count). The SMILES string of the molecule is Cc1nn(C)c(Oc2cc(O[C@@H](C)C(=O)O)c(Cl)cc2Cl)c1C=Cc1ccccn1.Cl. The Labute approximate surface area is 195 Å². The first-order chi connectivity index (χ1) is 14.3. The second-order valence-electron chi connectivity index (χ2n) is 6.43. The van der Waals surface area contributed by atoms with E-state index in [4.69, 9.17) is 37.8 Å². The van der Waals surface area contributed by atoms with Gasteiger partial charge in [-0.25, -0.2) is 9.48 Å². The molecule has 0 aliphatic heterocycles. The van der Waals surface area contributed by atoms with Crippen LogP contribution < -0.4 is 9.47 Å². The zero-order chi connectivity index (χ0) is 21.8. The average Bonchev–Trinajstić information content (AvgIpc) is 2.97. The summed E-state index contributed by atoms with van der Waals surface area (Å²) in [6.07, 6.45) is 4.32. The number of nitrogens with zero attached hydrogens (tertiary/aromatic N) is 3. The van der Waals surface area contributed by atoms with Gasteiger partial charge in [0.05, 0.1) is 27.0 Å². The van der Waals surface area contributed by atoms with Gasteiger partial charge in [-0.1, -0.05) is 29.3 Å². The summed E-state index contributed by atoms with van der Waals surface area (Å²) in [5.41, 5.74) is 2.28. The van der Waals surface area contributed by atoms with Gasteiger partial charge in [-0.05, 0) is 44.2 Å². The molecule has 1 N–H and O–H groups in total. The maximum Gasteiger partial charge on any atom is 0.344 e. The monoisotopic (exact) mass is 483 g/mol. The van der Waals surface area contributed by atoms with Gasteiger partial charge in [0.15, 0.2) is 11.9 Å². The van der Waals surface area contributed by atoms with Crippen LogP contribution in [-0.4, -0.2) is 31.9 Å². The molecule has 0 saturated heterocycles. The van der Waals surface area contributed by atoms with Gasteiger partial charge in [0.1, 0.15) is 5.75 Å². The van der Waals surface area contributed by atoms with Gasteiger partial charge in [0, 0.05) is 19.3 Å². The van der Waals surface area contributed by atoms with Crippen LogP contribution in [0.4, 0.5) is 0 Å². The summed E-state index contributed by atoms with van der Waals surface area (Å²) in [6, 6.07) is 8.52. The fourth-order valence-corrected chi connectivity index (χ4v) is 3.10. The van der Waals surface area contributed by atoms with Crippen LogP contribution in [0.3, 0.4) is 0 Å². The van der Waals surface area contributed by atoms with E-state index in [2.05, 4.69) is 10.1 Å². The smallest absolute Gasteiger partial charge is 0.344 e. The fourth-order valence-electron chi connectivity index (χ4n) is 2.63. The Hall–Kier alpha value is -2.74. The molecule has 0 aliphatic carbocycles. The quantitative estimate of drug-likeness (QED) is 0.465. The number of carboxylic acids is 1. The van der Waals surface area contributed by atoms with Crippen LogP contribution in [0.5, 0.6) is 17.4 Å². The van der Waals surface area contributed by atoms with Crippen LogP contribution in [0, 0.1) is 6.92 Å². The number of pyridine rings is 1. The predicted molar refractivity (Wildman–Crippen MR) is 123 cm³/mol. The number of hydrogen-bond donors (Lipinski definition) is 1. The third-order valence-corrected chi connectivity index (χ3v) is 4.76. The molecule has 10 heteroatoms. The van der Waals surface area contributed by atoms with Crippen LogP contribution in [0.15, 0.2) is 36.5 Å². The standard InChI is InChI=1S/C21H19Cl2N3O4.ClH/c1-12-15(8-7-14-6-4-5-9-24-14)20(26(3)25-12)30-19-11-18(16(22)10-17(19)23)29-13(2)21(27)28;/h4-11,13H,1-3H3,(H,27,28);1H/t13-;/m0./s1. The minimum atomic E-state index is -1.12. The highest BCUT2D eigenvalue weighted by Crippen LogP contribution is 2.39. The first-order valence-corrected chi connectivity index (χ1v) is 9.71. The van der Waals surface area contributed by atoms with Gasteiger partial charge in [-0.15, -0.1) is 12.4 Å². The molecule has 3 aromatic rings. The second kappa shape index (κ2) is 10.5. The molecule has 0 spiro atoms. The molecular weight excluding hydrogens is 465 g/mol. The molecule has 164 valence electrons. The molecule has 1 aromatic carbocycles. The van der Waals surface area contributed by atoms with Gasteiger partial charge < -0.3 is 14.6 Å². The van der Waals surface area contributed by atoms with Crippen molar-refractivity contribution >= 4 is 53.7 Å². The molecular formula is C21H20Cl3N3O4. The van der Waals surface area contributed by atoms with Crippen molar-refractivity contribution < 1.29 is 19.4 Å². The molecule has 2 heterocycles. The van der Waals surface area contributed by atoms with Crippen LogP contribution >= 0.6 is 35.6 Å². The van der Waals surface area contributed by atoms with E-state index in [0.29, 0.717) is 5.88 Å². The first-order valence-electron chi connectivity index (χ1n) is 8.95. The molecule has 2 aromatic heterocycles. The molecule has 1 atom stereocenters. The maximum atomic E-state index is 11.1. The lowest BCUT2D eigenvalue weighted by molar-refractivity contribution is -0.144. The van der Waals surface area contributed by atoms with E-state index in [1.807, 2.05) is 37.3 Å². The van der Waals surface area contributed by atoms with Crippen molar-refractivity contribution in [2.24, 2.45) is 7.05 Å². The third kappa shape index (κ3) is 5.91. The van der Waals surface area contributed by atoms with Crippen molar-refractivity contribution in [2.75, 3.05) is 0 Å². The Morgan fingerprint density at radius 2 is 1.90 bits per heavy atom. The average molecular weight is 485 g/mol. The highest BCUT2D eigenvalue weighted by molar-refractivity contribution is 6.36. The normalized spacial score (nSPS) is 11.8. The first kappa shape index (κ1) is 24.5. The lowest BCUT2D eigenvalue weighted by Crippen LogP contribution is -2.23. The summed E-state index contributed by atoms with van der Waals surface area (Å²) in [7, 11) is 1.74. The molecule has 0 aliphatic rings. The van der Waals surface area contributed by atoms with Crippen molar-refractivity contribution in [1.82, 2.24) is 14.8 Å². The van der Waals surface area contributed by atoms with Gasteiger partial charge in [-0.2, -0.15) is 5.10 Å². The van der Waals surface area contributed by atoms with Crippen molar-refractivity contribution in [1.29, 1.82) is 0 Å². The zero-order valence-electron chi connectivity index (χ0n) is 16.9. The van der Waals surface area contributed by atoms with E-state index in [1.54, 1.807) is 17.9 Å². The fraction of sp³-hybridized carbons (Fsp3) is 0.190. The summed E-state index contributed by atoms with van der Waals surface area (Å²) in [5, 5.41) is 13.9. The van der Waals surface area contributed by atoms with Crippen LogP contribution in [0.25, 0.3) is 12.2 Å². The van der Waals surface area contributed by atoms with Gasteiger partial charge in [0.2, 0.25) is 5.88 Å². The number of hydrogen-bond acceptors (Lipinski definition) is 5. The van der Waals surface area contributed by atoms with Gasteiger partial charge in [-0.3, -0.25) is 4.98 Å². The molecule has 0 bridgehead atoms. The number of carbonyl (C=O) groups is 1. The van der Waals surface area contributed by atoms with E-state index < -0.39 is 12.1 Å². The highest BCUT2D eigenvalue weighted by atomic mass is 35.5. The van der Waals surface area contributed by atoms with E-state index in [0.717, 1.165) is 17.0 Å². The Morgan fingerprint density at radius 1 is 1.19 bits per heavy atom. The minimum absolute atomic E-state index is 0. The molecule has 0 fully saturated rings. The van der Waals surface area contributed by atoms with Crippen molar-refractivity contribution in [3.05, 3.63) is 63.5 Å². The zero-order valence-corrected chi connectivity index (χ0v) is 19.2. The molecule has 0 radical (unpaired) electrons. The highest BCUT2D eigenvalue weighted by Gasteiger charge is 2.19. The molecule has 7 nitrogen and oxygen atoms in total. The Bertz CT molecular complexity index is 1100. The summed E-state index contributed by atoms with van der Waals surface area (Å²) in [6.45, 7) is 3.26. The largest absolute Gasteiger partial charge is 0.479 e. The topological polar surface area (TPSA) is 86.5 Å². The van der Waals surface area contributed by atoms with Crippen molar-refractivity contribution in [3.63, 3.8) is 0 Å². The van der Waals surface area contributed by atoms with Crippen LogP contribution in [0.1, 0.15) is 23.9 Å². The molecule has 0 amide bonds. The summed E-state index contributed by atoms with van der Waals surface area (Å²) in [4.78, 5) is 15.4. The van der Waals surface area contributed by atoms with Crippen molar-refractivity contribution in [2.45, 2.75) is 20.0 Å². The maximum absolute atomic E-state index is 11.1. The number of aryl methyl sites for hydroxylation is 2. The minimum Gasteiger partial charge on any atom is -0.479 e. The summed E-state index contributed by atoms with van der Waals surface area (Å²) >= 11 is 12.4. The number of halogens is 3. The van der Waals surface area contributed by atoms with Crippen LogP contribution in [-0.2, 0) is 11.8 Å². The predicted octanol–water partition coefficient (Wildman–Crippen LogP) is 5.67. The number of rotatable bonds is 7. The lowest BCUT2D eigenvalue weighted by atomic mass is 10.2. The molecule has 31 heavy (non-hydrogen) atoms. The van der Waals surface area contributed by atoms with E-state index in [1.165, 1.54) is 19.1 Å². The van der Waals surface area contributed by atoms with E-state index in [-0.39, 0.29) is 34.0 Å². The van der Waals surface area contributed by atoms with Gasteiger partial charge >= 0.3 is 5.97 Å². The summed E-state index contributed by atoms with van der Waals surface area (Å²) in [5.74, 6) is -0.270. The number of carboxylic acid groups (broad SMARTS) is 1. The number of benzene rings is 1. The van der Waals surface area contributed by atoms with Crippen LogP contribution in [0.2, 0.25) is 10.0 Å².